The van der Waals surface area contributed by atoms with Crippen LogP contribution in [0.2, 0.25) is 0 Å². The van der Waals surface area contributed by atoms with Crippen molar-refractivity contribution in [3.63, 3.8) is 0 Å². The molecule has 0 saturated carbocycles. The Morgan fingerprint density at radius 2 is 2.12 bits per heavy atom. The molecule has 7 nitrogen and oxygen atoms in total. The maximum Gasteiger partial charge on any atom is 0.374 e. The molecule has 0 atom stereocenters. The molecule has 132 valence electrons. The Labute approximate surface area is 149 Å². The van der Waals surface area contributed by atoms with E-state index in [1.54, 1.807) is 12.3 Å². The maximum absolute atomic E-state index is 11.7. The number of carbonyl (C=O) groups is 1. The number of methoxy groups -OCH3 is 1. The van der Waals surface area contributed by atoms with Gasteiger partial charge in [-0.25, -0.2) is 4.79 Å². The first-order valence-electron chi connectivity index (χ1n) is 7.84. The number of ether oxygens (including phenoxy) is 1. The van der Waals surface area contributed by atoms with E-state index in [4.69, 9.17) is 13.6 Å². The Hall–Kier alpha value is -2.48. The molecule has 0 aromatic carbocycles. The van der Waals surface area contributed by atoms with Gasteiger partial charge in [-0.2, -0.15) is 0 Å². The third-order valence-corrected chi connectivity index (χ3v) is 4.50. The average molecular weight is 361 g/mol. The minimum absolute atomic E-state index is 0.219. The van der Waals surface area contributed by atoms with E-state index >= 15 is 0 Å². The molecule has 0 bridgehead atoms. The number of thioether (sulfide) groups is 1. The highest BCUT2D eigenvalue weighted by Crippen LogP contribution is 2.29. The number of aromatic nitrogens is 3. The van der Waals surface area contributed by atoms with Crippen LogP contribution in [0.5, 0.6) is 0 Å². The first-order valence-corrected chi connectivity index (χ1v) is 8.83. The molecule has 3 heterocycles. The van der Waals surface area contributed by atoms with Crippen molar-refractivity contribution in [2.24, 2.45) is 5.92 Å². The molecular formula is C17H19N3O4S. The molecular weight excluding hydrogens is 342 g/mol. The lowest BCUT2D eigenvalue weighted by Gasteiger charge is -2.11. The van der Waals surface area contributed by atoms with Crippen molar-refractivity contribution in [1.29, 1.82) is 0 Å². The van der Waals surface area contributed by atoms with Crippen LogP contribution in [0.1, 0.15) is 30.0 Å². The fourth-order valence-electron chi connectivity index (χ4n) is 2.38. The highest BCUT2D eigenvalue weighted by molar-refractivity contribution is 7.98. The van der Waals surface area contributed by atoms with E-state index in [-0.39, 0.29) is 5.76 Å². The molecule has 0 fully saturated rings. The number of nitrogens with zero attached hydrogens (tertiary/aromatic N) is 3. The molecule has 0 spiro atoms. The lowest BCUT2D eigenvalue weighted by atomic mass is 10.2. The SMILES string of the molecule is COC(=O)c1occc1CSc1nnc(-c2ccco2)n1CC(C)C. The molecule has 3 aromatic heterocycles. The van der Waals surface area contributed by atoms with E-state index in [9.17, 15) is 4.79 Å². The summed E-state index contributed by atoms with van der Waals surface area (Å²) < 4.78 is 17.4. The standard InChI is InChI=1S/C17H19N3O4S/c1-11(2)9-20-15(13-5-4-7-23-13)18-19-17(20)25-10-12-6-8-24-14(12)16(21)22-3/h4-8,11H,9-10H2,1-3H3. The summed E-state index contributed by atoms with van der Waals surface area (Å²) >= 11 is 1.49. The lowest BCUT2D eigenvalue weighted by Crippen LogP contribution is -2.08. The third kappa shape index (κ3) is 3.79. The largest absolute Gasteiger partial charge is 0.463 e. The Kier molecular flexibility index (Phi) is 5.28. The van der Waals surface area contributed by atoms with Crippen LogP contribution in [-0.2, 0) is 17.0 Å². The number of hydrogen-bond donors (Lipinski definition) is 0. The number of furan rings is 2. The zero-order valence-corrected chi connectivity index (χ0v) is 15.1. The second-order valence-corrected chi connectivity index (χ2v) is 6.79. The summed E-state index contributed by atoms with van der Waals surface area (Å²) in [6.45, 7) is 5.03. The number of hydrogen-bond acceptors (Lipinski definition) is 7. The van der Waals surface area contributed by atoms with Crippen LogP contribution in [0.3, 0.4) is 0 Å². The van der Waals surface area contributed by atoms with Crippen LogP contribution in [0.25, 0.3) is 11.6 Å². The molecule has 3 aromatic rings. The Morgan fingerprint density at radius 3 is 2.80 bits per heavy atom. The molecule has 0 unspecified atom stereocenters. The van der Waals surface area contributed by atoms with Crippen molar-refractivity contribution in [2.45, 2.75) is 31.3 Å². The zero-order chi connectivity index (χ0) is 17.8. The van der Waals surface area contributed by atoms with Crippen LogP contribution in [-0.4, -0.2) is 27.8 Å². The third-order valence-electron chi connectivity index (χ3n) is 3.48. The summed E-state index contributed by atoms with van der Waals surface area (Å²) in [5, 5.41) is 9.32. The fraction of sp³-hybridized carbons (Fsp3) is 0.353. The summed E-state index contributed by atoms with van der Waals surface area (Å²) in [7, 11) is 1.33. The summed E-state index contributed by atoms with van der Waals surface area (Å²) in [5.41, 5.74) is 0.760. The van der Waals surface area contributed by atoms with Gasteiger partial charge in [-0.15, -0.1) is 10.2 Å². The van der Waals surface area contributed by atoms with Gasteiger partial charge in [0.25, 0.3) is 0 Å². The number of rotatable bonds is 7. The molecule has 0 N–H and O–H groups in total. The second kappa shape index (κ2) is 7.60. The molecule has 0 aliphatic rings. The summed E-state index contributed by atoms with van der Waals surface area (Å²) in [5.74, 6) is 2.05. The lowest BCUT2D eigenvalue weighted by molar-refractivity contribution is 0.0564. The van der Waals surface area contributed by atoms with Gasteiger partial charge >= 0.3 is 5.97 Å². The van der Waals surface area contributed by atoms with E-state index in [2.05, 4.69) is 24.0 Å². The van der Waals surface area contributed by atoms with Crippen LogP contribution in [0.15, 0.2) is 44.7 Å². The van der Waals surface area contributed by atoms with E-state index in [1.807, 2.05) is 16.7 Å². The van der Waals surface area contributed by atoms with Crippen LogP contribution in [0.4, 0.5) is 0 Å². The zero-order valence-electron chi connectivity index (χ0n) is 14.3. The van der Waals surface area contributed by atoms with Crippen molar-refractivity contribution >= 4 is 17.7 Å². The first-order chi connectivity index (χ1) is 12.1. The van der Waals surface area contributed by atoms with Crippen LogP contribution < -0.4 is 0 Å². The van der Waals surface area contributed by atoms with Crippen LogP contribution in [0, 0.1) is 5.92 Å². The van der Waals surface area contributed by atoms with Gasteiger partial charge < -0.3 is 13.6 Å². The monoisotopic (exact) mass is 361 g/mol. The summed E-state index contributed by atoms with van der Waals surface area (Å²) in [6, 6.07) is 5.45. The molecule has 0 saturated heterocycles. The quantitative estimate of drug-likeness (QED) is 0.466. The Morgan fingerprint density at radius 1 is 1.28 bits per heavy atom. The minimum atomic E-state index is -0.486. The van der Waals surface area contributed by atoms with Gasteiger partial charge in [0.15, 0.2) is 16.7 Å². The topological polar surface area (TPSA) is 83.3 Å². The van der Waals surface area contributed by atoms with Crippen molar-refractivity contribution in [3.8, 4) is 11.6 Å². The van der Waals surface area contributed by atoms with Gasteiger partial charge in [-0.1, -0.05) is 25.6 Å². The Bertz CT molecular complexity index is 836. The molecule has 0 radical (unpaired) electrons. The van der Waals surface area contributed by atoms with Gasteiger partial charge in [0.05, 0.1) is 19.6 Å². The summed E-state index contributed by atoms with van der Waals surface area (Å²) in [6.07, 6.45) is 3.10. The highest BCUT2D eigenvalue weighted by Gasteiger charge is 2.20. The molecule has 0 amide bonds. The van der Waals surface area contributed by atoms with E-state index in [0.717, 1.165) is 17.3 Å². The minimum Gasteiger partial charge on any atom is -0.463 e. The smallest absolute Gasteiger partial charge is 0.374 e. The van der Waals surface area contributed by atoms with E-state index in [0.29, 0.717) is 23.3 Å². The molecule has 0 aliphatic carbocycles. The molecule has 0 aliphatic heterocycles. The number of esters is 1. The normalized spacial score (nSPS) is 11.2. The van der Waals surface area contributed by atoms with Crippen LogP contribution >= 0.6 is 11.8 Å². The predicted octanol–water partition coefficient (Wildman–Crippen LogP) is 3.87. The predicted molar refractivity (Wildman–Crippen MR) is 92.2 cm³/mol. The van der Waals surface area contributed by atoms with Crippen molar-refractivity contribution in [2.75, 3.05) is 7.11 Å². The molecule has 3 rings (SSSR count). The average Bonchev–Trinajstić information content (AvgIpc) is 3.32. The van der Waals surface area contributed by atoms with E-state index in [1.165, 1.54) is 25.1 Å². The van der Waals surface area contributed by atoms with Gasteiger partial charge in [0.1, 0.15) is 0 Å². The highest BCUT2D eigenvalue weighted by atomic mass is 32.2. The van der Waals surface area contributed by atoms with Crippen molar-refractivity contribution in [1.82, 2.24) is 14.8 Å². The molecule has 25 heavy (non-hydrogen) atoms. The molecule has 8 heteroatoms. The van der Waals surface area contributed by atoms with Gasteiger partial charge in [0, 0.05) is 17.9 Å². The summed E-state index contributed by atoms with van der Waals surface area (Å²) in [4.78, 5) is 11.7. The van der Waals surface area contributed by atoms with Crippen molar-refractivity contribution in [3.05, 3.63) is 42.0 Å². The van der Waals surface area contributed by atoms with Gasteiger partial charge in [-0.3, -0.25) is 4.57 Å². The van der Waals surface area contributed by atoms with Crippen molar-refractivity contribution < 1.29 is 18.4 Å². The second-order valence-electron chi connectivity index (χ2n) is 5.84. The van der Waals surface area contributed by atoms with Gasteiger partial charge in [0.2, 0.25) is 5.76 Å². The van der Waals surface area contributed by atoms with Gasteiger partial charge in [-0.05, 0) is 24.1 Å². The first kappa shape index (κ1) is 17.3. The van der Waals surface area contributed by atoms with E-state index < -0.39 is 5.97 Å². The number of carbonyl (C=O) groups excluding carboxylic acids is 1. The maximum atomic E-state index is 11.7. The fourth-order valence-corrected chi connectivity index (χ4v) is 3.30. The Balaban J connectivity index is 1.83.